The number of methoxy groups -OCH3 is 1. The van der Waals surface area contributed by atoms with Crippen molar-refractivity contribution in [2.45, 2.75) is 6.18 Å². The molecule has 2 N–H and O–H groups in total. The van der Waals surface area contributed by atoms with Crippen molar-refractivity contribution in [2.24, 2.45) is 0 Å². The van der Waals surface area contributed by atoms with E-state index >= 15 is 0 Å². The van der Waals surface area contributed by atoms with Gasteiger partial charge in [-0.05, 0) is 36.4 Å². The number of hydrogen-bond acceptors (Lipinski definition) is 7. The van der Waals surface area contributed by atoms with E-state index in [1.54, 1.807) is 18.2 Å². The number of nitrogens with one attached hydrogen (secondary N) is 2. The van der Waals surface area contributed by atoms with E-state index in [4.69, 9.17) is 27.9 Å². The molecule has 0 amide bonds. The highest BCUT2D eigenvalue weighted by Gasteiger charge is 2.30. The summed E-state index contributed by atoms with van der Waals surface area (Å²) in [5.74, 6) is 0.274. The molecule has 0 spiro atoms. The van der Waals surface area contributed by atoms with Crippen molar-refractivity contribution >= 4 is 67.2 Å². The number of anilines is 4. The average Bonchev–Trinajstić information content (AvgIpc) is 3.13. The molecule has 4 rings (SSSR count). The minimum atomic E-state index is -4.42. The van der Waals surface area contributed by atoms with Gasteiger partial charge in [0, 0.05) is 5.69 Å². The molecule has 0 fully saturated rings. The maximum atomic E-state index is 12.8. The van der Waals surface area contributed by atoms with Crippen molar-refractivity contribution < 1.29 is 17.9 Å². The molecule has 0 saturated heterocycles. The number of alkyl halides is 3. The van der Waals surface area contributed by atoms with Crippen LogP contribution in [0.4, 0.5) is 35.5 Å². The second-order valence-electron chi connectivity index (χ2n) is 6.15. The summed E-state index contributed by atoms with van der Waals surface area (Å²) in [5.41, 5.74) is 0.533. The molecule has 6 nitrogen and oxygen atoms in total. The summed E-state index contributed by atoms with van der Waals surface area (Å²) < 4.78 is 43.5. The normalized spacial score (nSPS) is 11.5. The molecule has 0 radical (unpaired) electrons. The van der Waals surface area contributed by atoms with Gasteiger partial charge >= 0.3 is 12.2 Å². The van der Waals surface area contributed by atoms with Crippen molar-refractivity contribution in [2.75, 3.05) is 17.7 Å². The zero-order valence-corrected chi connectivity index (χ0v) is 17.9. The van der Waals surface area contributed by atoms with Gasteiger partial charge in [0.2, 0.25) is 0 Å². The molecule has 4 aromatic rings. The molecule has 2 aromatic heterocycles. The van der Waals surface area contributed by atoms with Crippen LogP contribution in [0.15, 0.2) is 42.5 Å². The van der Waals surface area contributed by atoms with Crippen molar-refractivity contribution in [3.8, 4) is 6.01 Å². The Morgan fingerprint density at radius 1 is 0.935 bits per heavy atom. The fraction of sp³-hybridized carbons (Fsp3) is 0.105. The quantitative estimate of drug-likeness (QED) is 0.320. The molecular formula is C19H12Cl2F3N5OS. The van der Waals surface area contributed by atoms with E-state index in [1.807, 2.05) is 0 Å². The van der Waals surface area contributed by atoms with Crippen molar-refractivity contribution in [1.82, 2.24) is 15.0 Å². The molecule has 0 atom stereocenters. The van der Waals surface area contributed by atoms with Gasteiger partial charge in [-0.15, -0.1) is 0 Å². The number of ether oxygens (including phenoxy) is 1. The van der Waals surface area contributed by atoms with Crippen LogP contribution in [0.3, 0.4) is 0 Å². The third-order valence-corrected chi connectivity index (χ3v) is 5.59. The lowest BCUT2D eigenvalue weighted by atomic mass is 10.2. The van der Waals surface area contributed by atoms with Crippen LogP contribution in [0.1, 0.15) is 5.56 Å². The maximum Gasteiger partial charge on any atom is 0.416 e. The lowest BCUT2D eigenvalue weighted by Crippen LogP contribution is -2.05. The number of para-hydroxylation sites is 1. The van der Waals surface area contributed by atoms with Crippen LogP contribution in [-0.2, 0) is 6.18 Å². The second kappa shape index (κ2) is 8.37. The number of nitrogens with zero attached hydrogens (tertiary/aromatic N) is 3. The Hall–Kier alpha value is -2.82. The summed E-state index contributed by atoms with van der Waals surface area (Å²) in [4.78, 5) is 13.5. The van der Waals surface area contributed by atoms with Gasteiger partial charge < -0.3 is 15.4 Å². The van der Waals surface area contributed by atoms with Crippen molar-refractivity contribution in [3.63, 3.8) is 0 Å². The molecule has 0 saturated carbocycles. The fourth-order valence-corrected chi connectivity index (χ4v) is 3.97. The van der Waals surface area contributed by atoms with E-state index in [1.165, 1.54) is 30.6 Å². The first kappa shape index (κ1) is 21.4. The van der Waals surface area contributed by atoms with Gasteiger partial charge in [0.15, 0.2) is 15.8 Å². The Labute approximate surface area is 188 Å². The lowest BCUT2D eigenvalue weighted by molar-refractivity contribution is -0.137. The predicted molar refractivity (Wildman–Crippen MR) is 116 cm³/mol. The minimum absolute atomic E-state index is 0.0767. The molecule has 160 valence electrons. The first-order valence-electron chi connectivity index (χ1n) is 8.62. The molecule has 0 aliphatic heterocycles. The Bertz CT molecular complexity index is 1230. The highest BCUT2D eigenvalue weighted by Crippen LogP contribution is 2.37. The van der Waals surface area contributed by atoms with Crippen molar-refractivity contribution in [3.05, 3.63) is 58.1 Å². The topological polar surface area (TPSA) is 72.0 Å². The Kier molecular flexibility index (Phi) is 5.78. The maximum absolute atomic E-state index is 12.8. The standard InChI is InChI=1S/C19H12Cl2F3N5OS/c1-30-17-28-15(25-10-7-5-9(6-8-10)19(22,23)24)14-16(29-17)31-18(27-14)26-13-11(20)3-2-4-12(13)21/h2-8H,1H3,(H,26,27)(H,25,28,29). The summed E-state index contributed by atoms with van der Waals surface area (Å²) in [7, 11) is 1.41. The van der Waals surface area contributed by atoms with Gasteiger partial charge in [0.1, 0.15) is 5.52 Å². The van der Waals surface area contributed by atoms with E-state index in [0.29, 0.717) is 36.9 Å². The summed E-state index contributed by atoms with van der Waals surface area (Å²) in [6.07, 6.45) is -4.42. The zero-order chi connectivity index (χ0) is 22.2. The van der Waals surface area contributed by atoms with E-state index in [-0.39, 0.29) is 11.8 Å². The molecule has 0 aliphatic rings. The van der Waals surface area contributed by atoms with Crippen LogP contribution in [0.25, 0.3) is 10.3 Å². The number of aromatic nitrogens is 3. The van der Waals surface area contributed by atoms with Crippen LogP contribution < -0.4 is 15.4 Å². The number of thiazole rings is 1. The third kappa shape index (κ3) is 4.60. The van der Waals surface area contributed by atoms with Gasteiger partial charge in [-0.25, -0.2) is 4.98 Å². The van der Waals surface area contributed by atoms with E-state index in [2.05, 4.69) is 25.6 Å². The number of rotatable bonds is 5. The molecule has 0 bridgehead atoms. The van der Waals surface area contributed by atoms with Gasteiger partial charge in [-0.2, -0.15) is 23.1 Å². The number of hydrogen-bond donors (Lipinski definition) is 2. The van der Waals surface area contributed by atoms with Crippen LogP contribution in [0.2, 0.25) is 10.0 Å². The summed E-state index contributed by atoms with van der Waals surface area (Å²) in [5, 5.41) is 7.31. The minimum Gasteiger partial charge on any atom is -0.467 e. The molecule has 0 aliphatic carbocycles. The van der Waals surface area contributed by atoms with Crippen molar-refractivity contribution in [1.29, 1.82) is 0 Å². The summed E-state index contributed by atoms with van der Waals surface area (Å²) >= 11 is 13.6. The van der Waals surface area contributed by atoms with E-state index in [9.17, 15) is 13.2 Å². The van der Waals surface area contributed by atoms with Crippen LogP contribution >= 0.6 is 34.5 Å². The van der Waals surface area contributed by atoms with Gasteiger partial charge in [0.25, 0.3) is 0 Å². The number of benzene rings is 2. The van der Waals surface area contributed by atoms with E-state index < -0.39 is 11.7 Å². The Balaban J connectivity index is 1.70. The van der Waals surface area contributed by atoms with Crippen LogP contribution in [0, 0.1) is 0 Å². The lowest BCUT2D eigenvalue weighted by Gasteiger charge is -2.10. The zero-order valence-electron chi connectivity index (χ0n) is 15.6. The van der Waals surface area contributed by atoms with Crippen LogP contribution in [0.5, 0.6) is 6.01 Å². The molecule has 12 heteroatoms. The predicted octanol–water partition coefficient (Wildman–Crippen LogP) is 6.91. The van der Waals surface area contributed by atoms with Crippen LogP contribution in [-0.4, -0.2) is 22.1 Å². The second-order valence-corrected chi connectivity index (χ2v) is 7.95. The SMILES string of the molecule is COc1nc(Nc2ccc(C(F)(F)F)cc2)c2nc(Nc3c(Cl)cccc3Cl)sc2n1. The van der Waals surface area contributed by atoms with E-state index in [0.717, 1.165) is 12.1 Å². The Morgan fingerprint density at radius 3 is 2.23 bits per heavy atom. The molecular weight excluding hydrogens is 474 g/mol. The number of fused-ring (bicyclic) bond motifs is 1. The highest BCUT2D eigenvalue weighted by atomic mass is 35.5. The van der Waals surface area contributed by atoms with Gasteiger partial charge in [0.05, 0.1) is 28.4 Å². The molecule has 31 heavy (non-hydrogen) atoms. The monoisotopic (exact) mass is 485 g/mol. The molecule has 0 unspecified atom stereocenters. The highest BCUT2D eigenvalue weighted by molar-refractivity contribution is 7.22. The Morgan fingerprint density at radius 2 is 1.61 bits per heavy atom. The fourth-order valence-electron chi connectivity index (χ4n) is 2.64. The smallest absolute Gasteiger partial charge is 0.416 e. The molecule has 2 aromatic carbocycles. The summed E-state index contributed by atoms with van der Waals surface area (Å²) in [6.45, 7) is 0. The first-order chi connectivity index (χ1) is 14.7. The van der Waals surface area contributed by atoms with Gasteiger partial charge in [-0.1, -0.05) is 40.6 Å². The average molecular weight is 486 g/mol. The molecule has 2 heterocycles. The largest absolute Gasteiger partial charge is 0.467 e. The third-order valence-electron chi connectivity index (χ3n) is 4.09. The first-order valence-corrected chi connectivity index (χ1v) is 10.2. The number of halogens is 5. The van der Waals surface area contributed by atoms with Gasteiger partial charge in [-0.3, -0.25) is 0 Å². The summed E-state index contributed by atoms with van der Waals surface area (Å²) in [6, 6.07) is 9.73.